The first-order chi connectivity index (χ1) is 12.0. The summed E-state index contributed by atoms with van der Waals surface area (Å²) in [6.45, 7) is 2.19. The van der Waals surface area contributed by atoms with Gasteiger partial charge in [-0.05, 0) is 36.8 Å². The van der Waals surface area contributed by atoms with E-state index in [1.54, 1.807) is 0 Å². The number of hydrogen-bond donors (Lipinski definition) is 1. The molecule has 0 unspecified atom stereocenters. The molecular formula is C18H17FN4O2. The Morgan fingerprint density at radius 3 is 2.48 bits per heavy atom. The number of aromatic nitrogens is 3. The van der Waals surface area contributed by atoms with Gasteiger partial charge in [-0.2, -0.15) is 5.10 Å². The van der Waals surface area contributed by atoms with Crippen LogP contribution < -0.4 is 11.0 Å². The number of hydrogen-bond acceptors (Lipinski definition) is 3. The average Bonchev–Trinajstić information content (AvgIpc) is 2.96. The lowest BCUT2D eigenvalue weighted by atomic mass is 10.1. The lowest BCUT2D eigenvalue weighted by Crippen LogP contribution is -2.33. The third kappa shape index (κ3) is 4.00. The van der Waals surface area contributed by atoms with Crippen molar-refractivity contribution in [3.63, 3.8) is 0 Å². The minimum absolute atomic E-state index is 0.182. The quantitative estimate of drug-likeness (QED) is 0.770. The van der Waals surface area contributed by atoms with Gasteiger partial charge in [-0.1, -0.05) is 29.8 Å². The SMILES string of the molecule is Cc1ccc(CNC(=O)Cn2ncn(-c3ccc(F)cc3)c2=O)cc1. The van der Waals surface area contributed by atoms with Gasteiger partial charge in [0, 0.05) is 6.54 Å². The molecule has 6 nitrogen and oxygen atoms in total. The van der Waals surface area contributed by atoms with Crippen LogP contribution in [0.5, 0.6) is 0 Å². The second kappa shape index (κ2) is 7.12. The minimum atomic E-state index is -0.461. The molecule has 0 aliphatic carbocycles. The highest BCUT2D eigenvalue weighted by Crippen LogP contribution is 2.06. The number of carbonyl (C=O) groups is 1. The molecule has 25 heavy (non-hydrogen) atoms. The van der Waals surface area contributed by atoms with Crippen LogP contribution in [0.2, 0.25) is 0 Å². The van der Waals surface area contributed by atoms with E-state index in [9.17, 15) is 14.0 Å². The van der Waals surface area contributed by atoms with E-state index >= 15 is 0 Å². The van der Waals surface area contributed by atoms with Crippen LogP contribution >= 0.6 is 0 Å². The highest BCUT2D eigenvalue weighted by molar-refractivity contribution is 5.75. The van der Waals surface area contributed by atoms with Gasteiger partial charge in [0.05, 0.1) is 5.69 Å². The van der Waals surface area contributed by atoms with Gasteiger partial charge in [-0.25, -0.2) is 18.4 Å². The van der Waals surface area contributed by atoms with Crippen molar-refractivity contribution < 1.29 is 9.18 Å². The number of halogens is 1. The smallest absolute Gasteiger partial charge is 0.350 e. The third-order valence-corrected chi connectivity index (χ3v) is 3.74. The minimum Gasteiger partial charge on any atom is -0.350 e. The van der Waals surface area contributed by atoms with Crippen molar-refractivity contribution in [2.24, 2.45) is 0 Å². The molecule has 1 aromatic heterocycles. The molecule has 0 aliphatic heterocycles. The molecule has 1 heterocycles. The maximum atomic E-state index is 13.0. The first-order valence-corrected chi connectivity index (χ1v) is 7.75. The van der Waals surface area contributed by atoms with E-state index in [1.165, 1.54) is 35.2 Å². The van der Waals surface area contributed by atoms with Gasteiger partial charge < -0.3 is 5.32 Å². The summed E-state index contributed by atoms with van der Waals surface area (Å²) in [4.78, 5) is 24.3. The second-order valence-electron chi connectivity index (χ2n) is 5.68. The maximum Gasteiger partial charge on any atom is 0.350 e. The summed E-state index contributed by atoms with van der Waals surface area (Å²) in [5, 5.41) is 6.69. The topological polar surface area (TPSA) is 68.9 Å². The molecule has 0 atom stereocenters. The van der Waals surface area contributed by atoms with Crippen molar-refractivity contribution in [2.45, 2.75) is 20.0 Å². The van der Waals surface area contributed by atoms with Gasteiger partial charge >= 0.3 is 5.69 Å². The van der Waals surface area contributed by atoms with Gasteiger partial charge in [-0.3, -0.25) is 4.79 Å². The van der Waals surface area contributed by atoms with Crippen LogP contribution in [-0.4, -0.2) is 20.3 Å². The predicted molar refractivity (Wildman–Crippen MR) is 90.8 cm³/mol. The standard InChI is InChI=1S/C18H17FN4O2/c1-13-2-4-14(5-3-13)10-20-17(24)11-23-18(25)22(12-21-23)16-8-6-15(19)7-9-16/h2-9,12H,10-11H2,1H3,(H,20,24). The predicted octanol–water partition coefficient (Wildman–Crippen LogP) is 1.80. The van der Waals surface area contributed by atoms with Crippen LogP contribution in [0.1, 0.15) is 11.1 Å². The molecule has 0 spiro atoms. The Hall–Kier alpha value is -3.22. The second-order valence-corrected chi connectivity index (χ2v) is 5.68. The van der Waals surface area contributed by atoms with Crippen molar-refractivity contribution in [3.8, 4) is 5.69 Å². The fraction of sp³-hybridized carbons (Fsp3) is 0.167. The largest absolute Gasteiger partial charge is 0.350 e. The number of carbonyl (C=O) groups excluding carboxylic acids is 1. The van der Waals surface area contributed by atoms with Gasteiger partial charge in [0.2, 0.25) is 5.91 Å². The summed E-state index contributed by atoms with van der Waals surface area (Å²) < 4.78 is 15.3. The number of aryl methyl sites for hydroxylation is 1. The molecule has 3 aromatic rings. The van der Waals surface area contributed by atoms with Crippen molar-refractivity contribution >= 4 is 5.91 Å². The van der Waals surface area contributed by atoms with Crippen LogP contribution in [-0.2, 0) is 17.9 Å². The van der Waals surface area contributed by atoms with Crippen LogP contribution in [0, 0.1) is 12.7 Å². The van der Waals surface area contributed by atoms with Crippen molar-refractivity contribution in [2.75, 3.05) is 0 Å². The maximum absolute atomic E-state index is 13.0. The van der Waals surface area contributed by atoms with E-state index in [-0.39, 0.29) is 18.3 Å². The number of nitrogens with zero attached hydrogens (tertiary/aromatic N) is 3. The monoisotopic (exact) mass is 340 g/mol. The van der Waals surface area contributed by atoms with Crippen LogP contribution in [0.3, 0.4) is 0 Å². The molecule has 0 aliphatic rings. The molecule has 0 fully saturated rings. The summed E-state index contributed by atoms with van der Waals surface area (Å²) in [7, 11) is 0. The number of rotatable bonds is 5. The van der Waals surface area contributed by atoms with Gasteiger partial charge in [0.25, 0.3) is 0 Å². The summed E-state index contributed by atoms with van der Waals surface area (Å²) in [5.41, 5.74) is 2.14. The van der Waals surface area contributed by atoms with Crippen molar-refractivity contribution in [1.29, 1.82) is 0 Å². The van der Waals surface area contributed by atoms with E-state index in [0.29, 0.717) is 12.2 Å². The number of nitrogens with one attached hydrogen (secondary N) is 1. The Balaban J connectivity index is 1.65. The van der Waals surface area contributed by atoms with Gasteiger partial charge in [0.1, 0.15) is 18.7 Å². The summed E-state index contributed by atoms with van der Waals surface area (Å²) in [6, 6.07) is 13.3. The molecule has 0 saturated heterocycles. The zero-order valence-corrected chi connectivity index (χ0v) is 13.6. The van der Waals surface area contributed by atoms with Crippen LogP contribution in [0.15, 0.2) is 59.7 Å². The fourth-order valence-corrected chi connectivity index (χ4v) is 2.32. The van der Waals surface area contributed by atoms with E-state index in [1.807, 2.05) is 31.2 Å². The van der Waals surface area contributed by atoms with Crippen LogP contribution in [0.4, 0.5) is 4.39 Å². The lowest BCUT2D eigenvalue weighted by molar-refractivity contribution is -0.122. The molecule has 0 saturated carbocycles. The average molecular weight is 340 g/mol. The third-order valence-electron chi connectivity index (χ3n) is 3.74. The molecule has 2 aromatic carbocycles. The Kier molecular flexibility index (Phi) is 4.74. The van der Waals surface area contributed by atoms with Gasteiger partial charge in [-0.15, -0.1) is 0 Å². The van der Waals surface area contributed by atoms with Crippen molar-refractivity contribution in [1.82, 2.24) is 19.7 Å². The Morgan fingerprint density at radius 1 is 1.12 bits per heavy atom. The summed E-state index contributed by atoms with van der Waals surface area (Å²) in [6.07, 6.45) is 1.31. The highest BCUT2D eigenvalue weighted by atomic mass is 19.1. The Bertz CT molecular complexity index is 927. The summed E-state index contributed by atoms with van der Waals surface area (Å²) >= 11 is 0. The molecule has 3 rings (SSSR count). The van der Waals surface area contributed by atoms with Crippen molar-refractivity contribution in [3.05, 3.63) is 82.3 Å². The van der Waals surface area contributed by atoms with E-state index in [0.717, 1.165) is 15.8 Å². The first-order valence-electron chi connectivity index (χ1n) is 7.75. The molecular weight excluding hydrogens is 323 g/mol. The Morgan fingerprint density at radius 2 is 1.80 bits per heavy atom. The van der Waals surface area contributed by atoms with E-state index < -0.39 is 5.69 Å². The zero-order valence-electron chi connectivity index (χ0n) is 13.6. The Labute approximate surface area is 143 Å². The highest BCUT2D eigenvalue weighted by Gasteiger charge is 2.10. The first kappa shape index (κ1) is 16.6. The zero-order chi connectivity index (χ0) is 17.8. The lowest BCUT2D eigenvalue weighted by Gasteiger charge is -2.05. The van der Waals surface area contributed by atoms with E-state index in [2.05, 4.69) is 10.4 Å². The molecule has 7 heteroatoms. The van der Waals surface area contributed by atoms with Gasteiger partial charge in [0.15, 0.2) is 0 Å². The number of benzene rings is 2. The molecule has 1 N–H and O–H groups in total. The van der Waals surface area contributed by atoms with Crippen LogP contribution in [0.25, 0.3) is 5.69 Å². The number of amides is 1. The summed E-state index contributed by atoms with van der Waals surface area (Å²) in [5.74, 6) is -0.702. The fourth-order valence-electron chi connectivity index (χ4n) is 2.32. The molecule has 128 valence electrons. The molecule has 0 bridgehead atoms. The molecule has 1 amide bonds. The normalized spacial score (nSPS) is 10.6. The molecule has 0 radical (unpaired) electrons. The van der Waals surface area contributed by atoms with E-state index in [4.69, 9.17) is 0 Å².